The van der Waals surface area contributed by atoms with Crippen LogP contribution in [-0.4, -0.2) is 23.5 Å². The molecule has 0 radical (unpaired) electrons. The molecule has 0 aliphatic carbocycles. The molecule has 0 saturated heterocycles. The number of benzene rings is 2. The number of pyridine rings is 1. The molecular weight excluding hydrogens is 340 g/mol. The summed E-state index contributed by atoms with van der Waals surface area (Å²) in [7, 11) is 0. The summed E-state index contributed by atoms with van der Waals surface area (Å²) in [6, 6.07) is 17.2. The van der Waals surface area contributed by atoms with E-state index in [4.69, 9.17) is 10.5 Å². The second-order valence-electron chi connectivity index (χ2n) is 6.55. The predicted molar refractivity (Wildman–Crippen MR) is 105 cm³/mol. The molecule has 5 nitrogen and oxygen atoms in total. The first-order valence-electron chi connectivity index (χ1n) is 8.95. The molecule has 0 aliphatic rings. The lowest BCUT2D eigenvalue weighted by atomic mass is 9.96. The van der Waals surface area contributed by atoms with Gasteiger partial charge < -0.3 is 10.5 Å². The largest absolute Gasteiger partial charge is 0.452 e. The molecule has 2 N–H and O–H groups in total. The highest BCUT2D eigenvalue weighted by Crippen LogP contribution is 2.27. The van der Waals surface area contributed by atoms with Crippen LogP contribution in [0.2, 0.25) is 0 Å². The number of ether oxygens (including phenoxy) is 1. The van der Waals surface area contributed by atoms with Crippen molar-refractivity contribution in [1.29, 1.82) is 0 Å². The third kappa shape index (κ3) is 4.14. The summed E-state index contributed by atoms with van der Waals surface area (Å²) in [5.41, 5.74) is 8.98. The molecule has 3 rings (SSSR count). The molecule has 0 bridgehead atoms. The Morgan fingerprint density at radius 2 is 1.81 bits per heavy atom. The van der Waals surface area contributed by atoms with Crippen LogP contribution in [0.4, 0.5) is 0 Å². The number of carbonyl (C=O) groups is 2. The molecule has 1 atom stereocenters. The van der Waals surface area contributed by atoms with E-state index in [9.17, 15) is 9.59 Å². The average molecular weight is 362 g/mol. The molecule has 1 unspecified atom stereocenters. The van der Waals surface area contributed by atoms with Gasteiger partial charge in [0.25, 0.3) is 5.91 Å². The molecule has 1 aromatic heterocycles. The molecule has 0 aliphatic heterocycles. The fourth-order valence-electron chi connectivity index (χ4n) is 2.92. The Morgan fingerprint density at radius 1 is 1.11 bits per heavy atom. The normalized spacial score (nSPS) is 11.9. The van der Waals surface area contributed by atoms with Crippen LogP contribution in [0.3, 0.4) is 0 Å². The maximum Gasteiger partial charge on any atom is 0.339 e. The maximum atomic E-state index is 12.5. The van der Waals surface area contributed by atoms with E-state index in [1.165, 1.54) is 5.56 Å². The lowest BCUT2D eigenvalue weighted by Crippen LogP contribution is -2.21. The van der Waals surface area contributed by atoms with Crippen LogP contribution in [0.5, 0.6) is 0 Å². The van der Waals surface area contributed by atoms with Crippen LogP contribution in [-0.2, 0) is 9.53 Å². The van der Waals surface area contributed by atoms with Gasteiger partial charge in [-0.25, -0.2) is 9.78 Å². The lowest BCUT2D eigenvalue weighted by Gasteiger charge is -2.12. The van der Waals surface area contributed by atoms with Gasteiger partial charge in [-0.3, -0.25) is 4.79 Å². The topological polar surface area (TPSA) is 82.3 Å². The first kappa shape index (κ1) is 18.6. The number of hydrogen-bond acceptors (Lipinski definition) is 4. The number of carbonyl (C=O) groups excluding carboxylic acids is 2. The van der Waals surface area contributed by atoms with Gasteiger partial charge in [0, 0.05) is 10.9 Å². The Balaban J connectivity index is 2.03. The van der Waals surface area contributed by atoms with E-state index in [2.05, 4.69) is 31.0 Å². The molecule has 138 valence electrons. The van der Waals surface area contributed by atoms with Gasteiger partial charge in [-0.15, -0.1) is 0 Å². The summed E-state index contributed by atoms with van der Waals surface area (Å²) in [5, 5.41) is 0.673. The summed E-state index contributed by atoms with van der Waals surface area (Å²) < 4.78 is 5.01. The van der Waals surface area contributed by atoms with Crippen LogP contribution in [0.15, 0.2) is 54.6 Å². The van der Waals surface area contributed by atoms with Crippen molar-refractivity contribution >= 4 is 22.8 Å². The number of rotatable bonds is 6. The summed E-state index contributed by atoms with van der Waals surface area (Å²) in [6.45, 7) is 3.90. The third-order valence-corrected chi connectivity index (χ3v) is 4.67. The van der Waals surface area contributed by atoms with Gasteiger partial charge >= 0.3 is 5.97 Å². The molecule has 27 heavy (non-hydrogen) atoms. The second kappa shape index (κ2) is 7.99. The lowest BCUT2D eigenvalue weighted by molar-refractivity contribution is -0.121. The van der Waals surface area contributed by atoms with Crippen LogP contribution in [0.25, 0.3) is 22.2 Å². The summed E-state index contributed by atoms with van der Waals surface area (Å²) in [6.07, 6.45) is 1.07. The zero-order valence-electron chi connectivity index (χ0n) is 15.4. The Hall–Kier alpha value is -3.21. The Labute approximate surface area is 158 Å². The summed E-state index contributed by atoms with van der Waals surface area (Å²) >= 11 is 0. The number of nitrogens with two attached hydrogens (primary N) is 1. The summed E-state index contributed by atoms with van der Waals surface area (Å²) in [4.78, 5) is 28.1. The van der Waals surface area contributed by atoms with Crippen LogP contribution in [0, 0.1) is 0 Å². The Morgan fingerprint density at radius 3 is 2.48 bits per heavy atom. The van der Waals surface area contributed by atoms with Crippen molar-refractivity contribution < 1.29 is 14.3 Å². The highest BCUT2D eigenvalue weighted by molar-refractivity contribution is 6.05. The van der Waals surface area contributed by atoms with Gasteiger partial charge in [-0.05, 0) is 30.0 Å². The SMILES string of the molecule is CCC(C)c1ccc(-c2cc(C(=O)OCC(N)=O)c3ccccc3n2)cc1. The molecular formula is C22H22N2O3. The molecule has 0 spiro atoms. The predicted octanol–water partition coefficient (Wildman–Crippen LogP) is 4.06. The standard InChI is InChI=1S/C22H22N2O3/c1-3-14(2)15-8-10-16(11-9-15)20-12-18(22(26)27-13-21(23)25)17-6-4-5-7-19(17)24-20/h4-12,14H,3,13H2,1-2H3,(H2,23,25). The monoisotopic (exact) mass is 362 g/mol. The number of hydrogen-bond donors (Lipinski definition) is 1. The van der Waals surface area contributed by atoms with E-state index in [0.29, 0.717) is 28.1 Å². The quantitative estimate of drug-likeness (QED) is 0.671. The van der Waals surface area contributed by atoms with Crippen LogP contribution >= 0.6 is 0 Å². The van der Waals surface area contributed by atoms with E-state index >= 15 is 0 Å². The van der Waals surface area contributed by atoms with Gasteiger partial charge in [0.1, 0.15) is 0 Å². The third-order valence-electron chi connectivity index (χ3n) is 4.67. The number of aromatic nitrogens is 1. The average Bonchev–Trinajstić information content (AvgIpc) is 2.70. The molecule has 2 aromatic carbocycles. The van der Waals surface area contributed by atoms with Gasteiger partial charge in [0.15, 0.2) is 6.61 Å². The molecule has 0 fully saturated rings. The zero-order valence-corrected chi connectivity index (χ0v) is 15.4. The van der Waals surface area contributed by atoms with Crippen LogP contribution < -0.4 is 5.73 Å². The Kier molecular flexibility index (Phi) is 5.50. The molecule has 1 amide bonds. The molecule has 0 saturated carbocycles. The number of nitrogens with zero attached hydrogens (tertiary/aromatic N) is 1. The minimum Gasteiger partial charge on any atom is -0.452 e. The second-order valence-corrected chi connectivity index (χ2v) is 6.55. The number of fused-ring (bicyclic) bond motifs is 1. The van der Waals surface area contributed by atoms with Crippen molar-refractivity contribution in [2.75, 3.05) is 6.61 Å². The van der Waals surface area contributed by atoms with Crippen LogP contribution in [0.1, 0.15) is 42.1 Å². The van der Waals surface area contributed by atoms with Gasteiger partial charge in [-0.1, -0.05) is 56.3 Å². The zero-order chi connectivity index (χ0) is 19.4. The van der Waals surface area contributed by atoms with E-state index in [1.807, 2.05) is 30.3 Å². The van der Waals surface area contributed by atoms with Crippen molar-refractivity contribution in [3.05, 3.63) is 65.7 Å². The maximum absolute atomic E-state index is 12.5. The number of para-hydroxylation sites is 1. The fourth-order valence-corrected chi connectivity index (χ4v) is 2.92. The molecule has 1 heterocycles. The van der Waals surface area contributed by atoms with Crippen molar-refractivity contribution in [3.63, 3.8) is 0 Å². The van der Waals surface area contributed by atoms with Crippen molar-refractivity contribution in [2.24, 2.45) is 5.73 Å². The van der Waals surface area contributed by atoms with E-state index in [-0.39, 0.29) is 0 Å². The van der Waals surface area contributed by atoms with Crippen molar-refractivity contribution in [3.8, 4) is 11.3 Å². The first-order chi connectivity index (χ1) is 13.0. The smallest absolute Gasteiger partial charge is 0.339 e. The minimum atomic E-state index is -0.692. The fraction of sp³-hybridized carbons (Fsp3) is 0.227. The first-order valence-corrected chi connectivity index (χ1v) is 8.95. The van der Waals surface area contributed by atoms with E-state index < -0.39 is 18.5 Å². The highest BCUT2D eigenvalue weighted by Gasteiger charge is 2.16. The van der Waals surface area contributed by atoms with Gasteiger partial charge in [0.2, 0.25) is 0 Å². The van der Waals surface area contributed by atoms with Gasteiger partial charge in [0.05, 0.1) is 16.8 Å². The highest BCUT2D eigenvalue weighted by atomic mass is 16.5. The van der Waals surface area contributed by atoms with Crippen molar-refractivity contribution in [1.82, 2.24) is 4.98 Å². The molecule has 3 aromatic rings. The van der Waals surface area contributed by atoms with E-state index in [0.717, 1.165) is 12.0 Å². The molecule has 5 heteroatoms. The van der Waals surface area contributed by atoms with Gasteiger partial charge in [-0.2, -0.15) is 0 Å². The minimum absolute atomic E-state index is 0.364. The van der Waals surface area contributed by atoms with Crippen molar-refractivity contribution in [2.45, 2.75) is 26.2 Å². The Bertz CT molecular complexity index is 981. The summed E-state index contributed by atoms with van der Waals surface area (Å²) in [5.74, 6) is -0.796. The van der Waals surface area contributed by atoms with E-state index in [1.54, 1.807) is 12.1 Å². The number of esters is 1. The number of amides is 1. The number of primary amides is 1.